The van der Waals surface area contributed by atoms with Crippen molar-refractivity contribution in [3.8, 4) is 11.5 Å². The highest BCUT2D eigenvalue weighted by molar-refractivity contribution is 6.60. The zero-order valence-corrected chi connectivity index (χ0v) is 20.5. The summed E-state index contributed by atoms with van der Waals surface area (Å²) < 4.78 is 30.0. The van der Waals surface area contributed by atoms with Crippen LogP contribution in [-0.2, 0) is 26.1 Å². The van der Waals surface area contributed by atoms with Crippen molar-refractivity contribution < 1.29 is 22.8 Å². The van der Waals surface area contributed by atoms with Gasteiger partial charge < -0.3 is 22.8 Å². The summed E-state index contributed by atoms with van der Waals surface area (Å²) in [6, 6.07) is 5.07. The standard InChI is InChI=1S/C23H42O5Si/c1-7-13-15-24-22-19-23(21(9-3)18-20(22)8-2)25-16-14-17-29(26-10-4,27-11-5)28-12-6/h18-19H,7-17H2,1-6H3. The Morgan fingerprint density at radius 3 is 1.55 bits per heavy atom. The molecule has 0 radical (unpaired) electrons. The molecule has 0 aromatic heterocycles. The number of hydrogen-bond acceptors (Lipinski definition) is 5. The van der Waals surface area contributed by atoms with E-state index in [4.69, 9.17) is 22.8 Å². The Morgan fingerprint density at radius 2 is 1.14 bits per heavy atom. The number of aryl methyl sites for hydroxylation is 2. The first-order chi connectivity index (χ1) is 14.1. The van der Waals surface area contributed by atoms with Crippen molar-refractivity contribution in [3.63, 3.8) is 0 Å². The van der Waals surface area contributed by atoms with Gasteiger partial charge in [-0.3, -0.25) is 0 Å². The largest absolute Gasteiger partial charge is 0.501 e. The molecule has 0 unspecified atom stereocenters. The van der Waals surface area contributed by atoms with Crippen LogP contribution in [0, 0.1) is 0 Å². The Morgan fingerprint density at radius 1 is 0.655 bits per heavy atom. The van der Waals surface area contributed by atoms with Gasteiger partial charge in [-0.2, -0.15) is 0 Å². The summed E-state index contributed by atoms with van der Waals surface area (Å²) in [6.07, 6.45) is 4.92. The molecule has 0 saturated carbocycles. The lowest BCUT2D eigenvalue weighted by Gasteiger charge is -2.28. The Hall–Kier alpha value is -1.08. The monoisotopic (exact) mass is 426 g/mol. The van der Waals surface area contributed by atoms with Crippen LogP contribution in [0.4, 0.5) is 0 Å². The molecule has 0 aliphatic carbocycles. The van der Waals surface area contributed by atoms with E-state index in [0.29, 0.717) is 26.4 Å². The van der Waals surface area contributed by atoms with Gasteiger partial charge in [0.05, 0.1) is 13.2 Å². The van der Waals surface area contributed by atoms with Gasteiger partial charge in [-0.1, -0.05) is 27.2 Å². The molecule has 0 atom stereocenters. The van der Waals surface area contributed by atoms with Crippen molar-refractivity contribution in [2.75, 3.05) is 33.0 Å². The van der Waals surface area contributed by atoms with Crippen molar-refractivity contribution in [3.05, 3.63) is 23.3 Å². The van der Waals surface area contributed by atoms with Crippen molar-refractivity contribution in [2.45, 2.75) is 79.7 Å². The van der Waals surface area contributed by atoms with Gasteiger partial charge >= 0.3 is 8.80 Å². The topological polar surface area (TPSA) is 46.2 Å². The van der Waals surface area contributed by atoms with Crippen LogP contribution in [0.15, 0.2) is 12.1 Å². The lowest BCUT2D eigenvalue weighted by atomic mass is 10.0. The highest BCUT2D eigenvalue weighted by Gasteiger charge is 2.39. The average Bonchev–Trinajstić information content (AvgIpc) is 2.72. The summed E-state index contributed by atoms with van der Waals surface area (Å²) in [4.78, 5) is 0. The predicted octanol–water partition coefficient (Wildman–Crippen LogP) is 5.81. The van der Waals surface area contributed by atoms with Crippen molar-refractivity contribution in [1.82, 2.24) is 0 Å². The van der Waals surface area contributed by atoms with Crippen LogP contribution in [0.2, 0.25) is 6.04 Å². The van der Waals surface area contributed by atoms with E-state index in [2.05, 4.69) is 32.9 Å². The molecule has 29 heavy (non-hydrogen) atoms. The Balaban J connectivity index is 2.79. The number of rotatable bonds is 17. The molecule has 0 bridgehead atoms. The molecule has 0 spiro atoms. The molecular formula is C23H42O5Si. The van der Waals surface area contributed by atoms with Crippen LogP contribution in [0.25, 0.3) is 0 Å². The highest BCUT2D eigenvalue weighted by atomic mass is 28.4. The lowest BCUT2D eigenvalue weighted by Crippen LogP contribution is -2.46. The molecule has 0 N–H and O–H groups in total. The Bertz CT molecular complexity index is 547. The molecule has 0 aliphatic rings. The second-order valence-corrected chi connectivity index (χ2v) is 9.64. The average molecular weight is 427 g/mol. The fourth-order valence-corrected chi connectivity index (χ4v) is 5.86. The van der Waals surface area contributed by atoms with Gasteiger partial charge in [0.1, 0.15) is 11.5 Å². The molecule has 1 aromatic carbocycles. The second kappa shape index (κ2) is 14.8. The summed E-state index contributed by atoms with van der Waals surface area (Å²) in [5.74, 6) is 1.88. The summed E-state index contributed by atoms with van der Waals surface area (Å²) in [5, 5.41) is 0. The van der Waals surface area contributed by atoms with Crippen LogP contribution < -0.4 is 9.47 Å². The molecule has 168 valence electrons. The molecule has 0 fully saturated rings. The first-order valence-electron chi connectivity index (χ1n) is 11.4. The number of benzene rings is 1. The molecule has 6 heteroatoms. The van der Waals surface area contributed by atoms with E-state index in [1.165, 1.54) is 11.1 Å². The van der Waals surface area contributed by atoms with E-state index in [0.717, 1.165) is 56.3 Å². The van der Waals surface area contributed by atoms with Crippen LogP contribution >= 0.6 is 0 Å². The van der Waals surface area contributed by atoms with E-state index in [9.17, 15) is 0 Å². The molecule has 0 amide bonds. The van der Waals surface area contributed by atoms with Crippen LogP contribution in [0.5, 0.6) is 11.5 Å². The van der Waals surface area contributed by atoms with Crippen molar-refractivity contribution >= 4 is 8.80 Å². The minimum absolute atomic E-state index is 0.601. The van der Waals surface area contributed by atoms with Gasteiger partial charge in [0.25, 0.3) is 0 Å². The fraction of sp³-hybridized carbons (Fsp3) is 0.739. The van der Waals surface area contributed by atoms with Crippen LogP contribution in [-0.4, -0.2) is 41.8 Å². The third-order valence-corrected chi connectivity index (χ3v) is 7.89. The lowest BCUT2D eigenvalue weighted by molar-refractivity contribution is 0.0696. The number of ether oxygens (including phenoxy) is 2. The van der Waals surface area contributed by atoms with Crippen LogP contribution in [0.1, 0.15) is 71.9 Å². The molecule has 1 rings (SSSR count). The van der Waals surface area contributed by atoms with Crippen molar-refractivity contribution in [2.24, 2.45) is 0 Å². The quantitative estimate of drug-likeness (QED) is 0.232. The van der Waals surface area contributed by atoms with Gasteiger partial charge in [0, 0.05) is 31.9 Å². The first kappa shape index (κ1) is 26.0. The van der Waals surface area contributed by atoms with Gasteiger partial charge in [0.15, 0.2) is 0 Å². The number of hydrogen-bond donors (Lipinski definition) is 0. The zero-order chi connectivity index (χ0) is 21.5. The van der Waals surface area contributed by atoms with Gasteiger partial charge in [-0.05, 0) is 63.6 Å². The molecule has 0 aliphatic heterocycles. The first-order valence-corrected chi connectivity index (χ1v) is 13.4. The fourth-order valence-electron chi connectivity index (χ4n) is 3.28. The molecular weight excluding hydrogens is 384 g/mol. The summed E-state index contributed by atoms with van der Waals surface area (Å²) in [7, 11) is -2.61. The second-order valence-electron chi connectivity index (χ2n) is 6.91. The maximum absolute atomic E-state index is 6.18. The predicted molar refractivity (Wildman–Crippen MR) is 121 cm³/mol. The SMILES string of the molecule is CCCCOc1cc(OCCC[Si](OCC)(OCC)OCC)c(CC)cc1CC. The maximum atomic E-state index is 6.18. The van der Waals surface area contributed by atoms with Crippen LogP contribution in [0.3, 0.4) is 0 Å². The van der Waals surface area contributed by atoms with Gasteiger partial charge in [-0.25, -0.2) is 0 Å². The van der Waals surface area contributed by atoms with E-state index >= 15 is 0 Å². The molecule has 1 aromatic rings. The summed E-state index contributed by atoms with van der Waals surface area (Å²) >= 11 is 0. The molecule has 0 saturated heterocycles. The van der Waals surface area contributed by atoms with Crippen molar-refractivity contribution in [1.29, 1.82) is 0 Å². The minimum atomic E-state index is -2.61. The maximum Gasteiger partial charge on any atom is 0.501 e. The smallest absolute Gasteiger partial charge is 0.493 e. The zero-order valence-electron chi connectivity index (χ0n) is 19.5. The minimum Gasteiger partial charge on any atom is -0.493 e. The van der Waals surface area contributed by atoms with Gasteiger partial charge in [-0.15, -0.1) is 0 Å². The Kier molecular flexibility index (Phi) is 13.3. The van der Waals surface area contributed by atoms with E-state index in [1.54, 1.807) is 0 Å². The summed E-state index contributed by atoms with van der Waals surface area (Å²) in [5.41, 5.74) is 2.48. The third-order valence-electron chi connectivity index (χ3n) is 4.74. The van der Waals surface area contributed by atoms with E-state index in [-0.39, 0.29) is 0 Å². The van der Waals surface area contributed by atoms with E-state index in [1.807, 2.05) is 20.8 Å². The summed E-state index contributed by atoms with van der Waals surface area (Å²) in [6.45, 7) is 15.6. The van der Waals surface area contributed by atoms with E-state index < -0.39 is 8.80 Å². The third kappa shape index (κ3) is 8.66. The normalized spacial score (nSPS) is 11.7. The Labute approximate surface area is 179 Å². The highest BCUT2D eigenvalue weighted by Crippen LogP contribution is 2.31. The molecule has 0 heterocycles. The molecule has 5 nitrogen and oxygen atoms in total. The number of unbranched alkanes of at least 4 members (excludes halogenated alkanes) is 1. The van der Waals surface area contributed by atoms with Gasteiger partial charge in [0.2, 0.25) is 0 Å².